The molecule has 0 aromatic carbocycles. The van der Waals surface area contributed by atoms with E-state index in [4.69, 9.17) is 13.8 Å². The van der Waals surface area contributed by atoms with E-state index in [1.54, 1.807) is 0 Å². The van der Waals surface area contributed by atoms with E-state index in [0.717, 1.165) is 70.6 Å². The molecule has 3 atom stereocenters. The Morgan fingerprint density at radius 1 is 0.393 bits per heavy atom. The molecular weight excluding hydrogens is 1120 g/mol. The Kier molecular flexibility index (Phi) is 66.8. The molecule has 0 aromatic heterocycles. The number of allylic oxidation sites excluding steroid dienone is 9. The van der Waals surface area contributed by atoms with Crippen molar-refractivity contribution in [3.8, 4) is 0 Å². The molecule has 0 saturated carbocycles. The van der Waals surface area contributed by atoms with E-state index in [9.17, 15) is 19.0 Å². The molecule has 0 spiro atoms. The summed E-state index contributed by atoms with van der Waals surface area (Å²) < 4.78 is 30.5. The number of amides is 1. The van der Waals surface area contributed by atoms with Crippen LogP contribution < -0.4 is 10.2 Å². The number of quaternary nitrogens is 1. The molecule has 89 heavy (non-hydrogen) atoms. The Balaban J connectivity index is 4.99. The molecule has 0 aromatic rings. The predicted molar refractivity (Wildman–Crippen MR) is 385 cm³/mol. The summed E-state index contributed by atoms with van der Waals surface area (Å²) in [7, 11) is 1.20. The molecule has 0 rings (SSSR count). The lowest BCUT2D eigenvalue weighted by atomic mass is 10.0. The highest BCUT2D eigenvalue weighted by Crippen LogP contribution is 2.38. The van der Waals surface area contributed by atoms with Crippen LogP contribution in [0.25, 0.3) is 0 Å². The molecule has 522 valence electrons. The highest BCUT2D eigenvalue weighted by molar-refractivity contribution is 7.45. The van der Waals surface area contributed by atoms with Crippen LogP contribution in [0, 0.1) is 0 Å². The molecule has 10 heteroatoms. The fraction of sp³-hybridized carbons (Fsp3) is 0.848. The van der Waals surface area contributed by atoms with Gasteiger partial charge in [-0.25, -0.2) is 0 Å². The van der Waals surface area contributed by atoms with Crippen LogP contribution in [0.4, 0.5) is 0 Å². The molecule has 0 radical (unpaired) electrons. The fourth-order valence-electron chi connectivity index (χ4n) is 11.5. The van der Waals surface area contributed by atoms with Crippen LogP contribution in [0.5, 0.6) is 0 Å². The molecule has 1 N–H and O–H groups in total. The van der Waals surface area contributed by atoms with Crippen LogP contribution in [0.2, 0.25) is 0 Å². The van der Waals surface area contributed by atoms with E-state index in [-0.39, 0.29) is 31.5 Å². The SMILES string of the molecule is CCCCC/C=C\C/C=C\C/C=C\CCCCCCCCCCCCCCCCC(=O)NC(COP(=O)([O-])OCC[N+](C)(C)C)C(/C=C\CCCCCCCCCCCCC)OC(=O)CCCCCCCCCCCCCCC/C=C/CCCCCCCC. The topological polar surface area (TPSA) is 114 Å². The van der Waals surface area contributed by atoms with Gasteiger partial charge in [0, 0.05) is 12.8 Å². The van der Waals surface area contributed by atoms with E-state index in [1.165, 1.54) is 276 Å². The van der Waals surface area contributed by atoms with Gasteiger partial charge in [0.2, 0.25) is 5.91 Å². The predicted octanol–water partition coefficient (Wildman–Crippen LogP) is 24.3. The standard InChI is InChI=1S/C79H149N2O7P/c1-7-10-13-16-19-22-25-28-30-32-34-36-38-39-40-41-43-44-46-48-50-53-56-59-62-65-68-71-78(82)80-76(75-87-89(84,85)86-74-73-81(4,5)6)77(70-67-64-61-58-55-52-27-24-21-18-15-12-9-3)88-79(83)72-69-66-63-60-57-54-51-49-47-45-42-37-35-33-31-29-26-23-20-17-14-11-8-2/h19,22,28-31,34,36,67,70,76-77H,7-18,20-21,23-27,32-33,35,37-66,68-69,71-75H2,1-6H3,(H-,80,82,84,85)/b22-19-,30-28-,31-29+,36-34-,70-67-. The molecular formula is C79H149N2O7P. The van der Waals surface area contributed by atoms with Gasteiger partial charge in [-0.2, -0.15) is 0 Å². The van der Waals surface area contributed by atoms with Crippen LogP contribution in [-0.4, -0.2) is 69.4 Å². The van der Waals surface area contributed by atoms with Gasteiger partial charge in [-0.15, -0.1) is 0 Å². The van der Waals surface area contributed by atoms with Crippen molar-refractivity contribution >= 4 is 19.7 Å². The highest BCUT2D eigenvalue weighted by atomic mass is 31.2. The first-order valence-electron chi connectivity index (χ1n) is 38.6. The number of carbonyl (C=O) groups is 2. The zero-order chi connectivity index (χ0) is 64.9. The third-order valence-corrected chi connectivity index (χ3v) is 18.4. The summed E-state index contributed by atoms with van der Waals surface area (Å²) in [4.78, 5) is 40.3. The van der Waals surface area contributed by atoms with E-state index in [2.05, 4.69) is 74.7 Å². The second kappa shape index (κ2) is 68.6. The lowest BCUT2D eigenvalue weighted by molar-refractivity contribution is -0.870. The number of nitrogens with one attached hydrogen (secondary N) is 1. The van der Waals surface area contributed by atoms with E-state index in [0.29, 0.717) is 17.4 Å². The Hall–Kier alpha value is -2.29. The Morgan fingerprint density at radius 3 is 1.06 bits per heavy atom. The van der Waals surface area contributed by atoms with Gasteiger partial charge in [-0.1, -0.05) is 332 Å². The largest absolute Gasteiger partial charge is 0.756 e. The molecule has 9 nitrogen and oxygen atoms in total. The van der Waals surface area contributed by atoms with Gasteiger partial charge in [-0.3, -0.25) is 14.2 Å². The van der Waals surface area contributed by atoms with Crippen LogP contribution in [0.15, 0.2) is 60.8 Å². The summed E-state index contributed by atoms with van der Waals surface area (Å²) in [6.45, 7) is 6.87. The molecule has 3 unspecified atom stereocenters. The van der Waals surface area contributed by atoms with Crippen LogP contribution in [-0.2, 0) is 27.9 Å². The number of nitrogens with zero attached hydrogens (tertiary/aromatic N) is 1. The number of carbonyl (C=O) groups excluding carboxylic acids is 2. The number of hydrogen-bond donors (Lipinski definition) is 1. The summed E-state index contributed by atoms with van der Waals surface area (Å²) >= 11 is 0. The smallest absolute Gasteiger partial charge is 0.306 e. The third-order valence-electron chi connectivity index (χ3n) is 17.4. The second-order valence-corrected chi connectivity index (χ2v) is 28.9. The quantitative estimate of drug-likeness (QED) is 0.0212. The van der Waals surface area contributed by atoms with E-state index >= 15 is 0 Å². The summed E-state index contributed by atoms with van der Waals surface area (Å²) in [5.41, 5.74) is 0. The number of phosphoric acid groups is 1. The third kappa shape index (κ3) is 69.9. The van der Waals surface area contributed by atoms with Crippen molar-refractivity contribution in [2.45, 2.75) is 392 Å². The molecule has 1 amide bonds. The lowest BCUT2D eigenvalue weighted by Gasteiger charge is -2.30. The first kappa shape index (κ1) is 86.7. The normalized spacial score (nSPS) is 13.7. The second-order valence-electron chi connectivity index (χ2n) is 27.5. The minimum Gasteiger partial charge on any atom is -0.756 e. The van der Waals surface area contributed by atoms with Crippen molar-refractivity contribution in [1.29, 1.82) is 0 Å². The maximum Gasteiger partial charge on any atom is 0.306 e. The monoisotopic (exact) mass is 1270 g/mol. The van der Waals surface area contributed by atoms with Crippen LogP contribution in [0.1, 0.15) is 380 Å². The van der Waals surface area contributed by atoms with Crippen molar-refractivity contribution in [2.75, 3.05) is 40.9 Å². The van der Waals surface area contributed by atoms with Gasteiger partial charge >= 0.3 is 5.97 Å². The molecule has 0 aliphatic carbocycles. The zero-order valence-electron chi connectivity index (χ0n) is 59.9. The first-order chi connectivity index (χ1) is 43.4. The van der Waals surface area contributed by atoms with Gasteiger partial charge in [-0.05, 0) is 96.0 Å². The van der Waals surface area contributed by atoms with E-state index in [1.807, 2.05) is 33.3 Å². The number of ether oxygens (including phenoxy) is 1. The minimum atomic E-state index is -4.71. The van der Waals surface area contributed by atoms with Crippen LogP contribution in [0.3, 0.4) is 0 Å². The highest BCUT2D eigenvalue weighted by Gasteiger charge is 2.27. The van der Waals surface area contributed by atoms with Crippen molar-refractivity contribution < 1.29 is 37.3 Å². The average molecular weight is 1270 g/mol. The van der Waals surface area contributed by atoms with Crippen molar-refractivity contribution in [3.05, 3.63) is 60.8 Å². The van der Waals surface area contributed by atoms with Crippen molar-refractivity contribution in [1.82, 2.24) is 5.32 Å². The van der Waals surface area contributed by atoms with Gasteiger partial charge in [0.05, 0.1) is 33.8 Å². The van der Waals surface area contributed by atoms with Gasteiger partial charge in [0.25, 0.3) is 7.82 Å². The summed E-state index contributed by atoms with van der Waals surface area (Å²) in [6, 6.07) is -0.890. The Morgan fingerprint density at radius 2 is 0.685 bits per heavy atom. The summed E-state index contributed by atoms with van der Waals surface area (Å²) in [6.07, 6.45) is 89.2. The van der Waals surface area contributed by atoms with Gasteiger partial charge < -0.3 is 28.5 Å². The zero-order valence-corrected chi connectivity index (χ0v) is 60.8. The molecule has 0 heterocycles. The molecule has 0 aliphatic rings. The Labute approximate surface area is 553 Å². The lowest BCUT2D eigenvalue weighted by Crippen LogP contribution is -2.47. The number of rotatable bonds is 71. The number of esters is 1. The molecule has 0 saturated heterocycles. The van der Waals surface area contributed by atoms with Crippen molar-refractivity contribution in [2.24, 2.45) is 0 Å². The maximum absolute atomic E-state index is 13.6. The van der Waals surface area contributed by atoms with E-state index < -0.39 is 20.0 Å². The number of likely N-dealkylation sites (N-methyl/N-ethyl adjacent to an activating group) is 1. The number of phosphoric ester groups is 1. The first-order valence-corrected chi connectivity index (χ1v) is 40.1. The average Bonchev–Trinajstić information content (AvgIpc) is 3.65. The molecule has 0 aliphatic heterocycles. The molecule has 0 fully saturated rings. The van der Waals surface area contributed by atoms with Crippen molar-refractivity contribution in [3.63, 3.8) is 0 Å². The van der Waals surface area contributed by atoms with Crippen LogP contribution >= 0.6 is 7.82 Å². The maximum atomic E-state index is 13.6. The minimum absolute atomic E-state index is 0.0214. The number of unbranched alkanes of at least 4 members (excludes halogenated alkanes) is 47. The fourth-order valence-corrected chi connectivity index (χ4v) is 12.2. The van der Waals surface area contributed by atoms with Gasteiger partial charge in [0.1, 0.15) is 19.3 Å². The number of hydrogen-bond acceptors (Lipinski definition) is 7. The summed E-state index contributed by atoms with van der Waals surface area (Å²) in [5.74, 6) is -0.524. The Bertz CT molecular complexity index is 1700. The molecule has 0 bridgehead atoms. The summed E-state index contributed by atoms with van der Waals surface area (Å²) in [5, 5.41) is 3.06. The van der Waals surface area contributed by atoms with Gasteiger partial charge in [0.15, 0.2) is 0 Å².